The average molecular weight is 278 g/mol. The summed E-state index contributed by atoms with van der Waals surface area (Å²) >= 11 is 0. The van der Waals surface area contributed by atoms with Crippen molar-refractivity contribution in [2.24, 2.45) is 0 Å². The zero-order valence-corrected chi connectivity index (χ0v) is 11.6. The first-order valence-electron chi connectivity index (χ1n) is 6.37. The smallest absolute Gasteiger partial charge is 0.303 e. The summed E-state index contributed by atoms with van der Waals surface area (Å²) < 4.78 is 21.8. The van der Waals surface area contributed by atoms with E-state index in [-0.39, 0.29) is 12.1 Å². The lowest BCUT2D eigenvalue weighted by atomic mass is 10.1. The van der Waals surface area contributed by atoms with Crippen LogP contribution in [0.4, 0.5) is 0 Å². The second-order valence-electron chi connectivity index (χ2n) is 4.49. The van der Waals surface area contributed by atoms with Gasteiger partial charge >= 0.3 is 5.97 Å². The fourth-order valence-electron chi connectivity index (χ4n) is 2.05. The number of methoxy groups -OCH3 is 1. The molecular weight excluding hydrogens is 260 g/mol. The Morgan fingerprint density at radius 2 is 2.05 bits per heavy atom. The molecule has 3 atom stereocenters. The Hall–Kier alpha value is -2.01. The van der Waals surface area contributed by atoms with Gasteiger partial charge in [0.2, 0.25) is 6.29 Å². The molecule has 0 aromatic heterocycles. The molecule has 1 aliphatic heterocycles. The van der Waals surface area contributed by atoms with Crippen molar-refractivity contribution in [3.05, 3.63) is 42.7 Å². The highest BCUT2D eigenvalue weighted by Crippen LogP contribution is 2.28. The highest BCUT2D eigenvalue weighted by atomic mass is 16.7. The van der Waals surface area contributed by atoms with E-state index in [1.165, 1.54) is 14.0 Å². The summed E-state index contributed by atoms with van der Waals surface area (Å²) in [6.45, 7) is 5.10. The number of esters is 1. The van der Waals surface area contributed by atoms with Gasteiger partial charge in [0.15, 0.2) is 12.2 Å². The van der Waals surface area contributed by atoms with Crippen molar-refractivity contribution in [2.75, 3.05) is 7.11 Å². The van der Waals surface area contributed by atoms with Gasteiger partial charge in [-0.05, 0) is 12.1 Å². The molecule has 0 spiro atoms. The van der Waals surface area contributed by atoms with Crippen LogP contribution in [-0.4, -0.2) is 31.6 Å². The minimum absolute atomic E-state index is 0.375. The Bertz CT molecular complexity index is 470. The zero-order chi connectivity index (χ0) is 14.5. The maximum atomic E-state index is 11.1. The van der Waals surface area contributed by atoms with Gasteiger partial charge < -0.3 is 18.9 Å². The summed E-state index contributed by atoms with van der Waals surface area (Å²) in [6, 6.07) is 9.35. The number of rotatable bonds is 4. The van der Waals surface area contributed by atoms with Crippen LogP contribution in [0.15, 0.2) is 42.7 Å². The minimum Gasteiger partial charge on any atom is -0.484 e. The standard InChI is InChI=1S/C15H18O5/c1-10-13(19-11(2)16)9-14(15(17-3)18-10)20-12-7-5-4-6-8-12/h4-8,13-15H,1,9H2,2-3H3/t13-,14-,15-/m0/s1. The summed E-state index contributed by atoms with van der Waals surface area (Å²) in [4.78, 5) is 11.1. The molecule has 20 heavy (non-hydrogen) atoms. The van der Waals surface area contributed by atoms with Gasteiger partial charge in [-0.3, -0.25) is 4.79 Å². The summed E-state index contributed by atoms with van der Waals surface area (Å²) in [7, 11) is 1.53. The van der Waals surface area contributed by atoms with Crippen LogP contribution >= 0.6 is 0 Å². The van der Waals surface area contributed by atoms with Gasteiger partial charge in [-0.2, -0.15) is 0 Å². The number of ether oxygens (including phenoxy) is 4. The summed E-state index contributed by atoms with van der Waals surface area (Å²) in [5.41, 5.74) is 0. The first kappa shape index (κ1) is 14.4. The third-order valence-electron chi connectivity index (χ3n) is 2.95. The van der Waals surface area contributed by atoms with Crippen LogP contribution in [-0.2, 0) is 19.0 Å². The molecule has 0 N–H and O–H groups in total. The fraction of sp³-hybridized carbons (Fsp3) is 0.400. The molecule has 1 fully saturated rings. The molecule has 1 aromatic carbocycles. The topological polar surface area (TPSA) is 54.0 Å². The van der Waals surface area contributed by atoms with Crippen LogP contribution in [0.2, 0.25) is 0 Å². The number of hydrogen-bond acceptors (Lipinski definition) is 5. The first-order valence-corrected chi connectivity index (χ1v) is 6.37. The second-order valence-corrected chi connectivity index (χ2v) is 4.49. The maximum Gasteiger partial charge on any atom is 0.303 e. The van der Waals surface area contributed by atoms with Gasteiger partial charge in [-0.15, -0.1) is 0 Å². The van der Waals surface area contributed by atoms with Crippen molar-refractivity contribution in [1.82, 2.24) is 0 Å². The summed E-state index contributed by atoms with van der Waals surface area (Å²) in [5, 5.41) is 0. The minimum atomic E-state index is -0.575. The van der Waals surface area contributed by atoms with Crippen molar-refractivity contribution >= 4 is 5.97 Å². The summed E-state index contributed by atoms with van der Waals surface area (Å²) in [5.74, 6) is 0.700. The van der Waals surface area contributed by atoms with Gasteiger partial charge in [0.05, 0.1) is 0 Å². The number of benzene rings is 1. The molecule has 0 radical (unpaired) electrons. The number of carbonyl (C=O) groups is 1. The molecule has 1 aromatic rings. The van der Waals surface area contributed by atoms with E-state index < -0.39 is 12.4 Å². The number of hydrogen-bond donors (Lipinski definition) is 0. The average Bonchev–Trinajstić information content (AvgIpc) is 2.43. The Morgan fingerprint density at radius 1 is 1.35 bits per heavy atom. The van der Waals surface area contributed by atoms with Gasteiger partial charge in [0.25, 0.3) is 0 Å². The first-order chi connectivity index (χ1) is 9.60. The van der Waals surface area contributed by atoms with Gasteiger partial charge in [0.1, 0.15) is 11.5 Å². The molecule has 0 unspecified atom stereocenters. The highest BCUT2D eigenvalue weighted by molar-refractivity contribution is 5.66. The van der Waals surface area contributed by atoms with E-state index in [1.54, 1.807) is 0 Å². The Morgan fingerprint density at radius 3 is 2.65 bits per heavy atom. The molecule has 1 saturated heterocycles. The zero-order valence-electron chi connectivity index (χ0n) is 11.6. The van der Waals surface area contributed by atoms with Crippen molar-refractivity contribution in [1.29, 1.82) is 0 Å². The van der Waals surface area contributed by atoms with Crippen LogP contribution in [0.25, 0.3) is 0 Å². The van der Waals surface area contributed by atoms with Gasteiger partial charge in [-0.25, -0.2) is 0 Å². The van der Waals surface area contributed by atoms with Crippen LogP contribution in [0, 0.1) is 0 Å². The Kier molecular flexibility index (Phi) is 4.63. The second kappa shape index (κ2) is 6.43. The summed E-state index contributed by atoms with van der Waals surface area (Å²) in [6.07, 6.45) is -1.04. The molecule has 1 aliphatic rings. The molecule has 1 heterocycles. The van der Waals surface area contributed by atoms with Crippen LogP contribution in [0.1, 0.15) is 13.3 Å². The molecule has 2 rings (SSSR count). The van der Waals surface area contributed by atoms with Crippen LogP contribution in [0.5, 0.6) is 5.75 Å². The van der Waals surface area contributed by atoms with E-state index in [0.717, 1.165) is 0 Å². The largest absolute Gasteiger partial charge is 0.484 e. The monoisotopic (exact) mass is 278 g/mol. The molecule has 0 bridgehead atoms. The lowest BCUT2D eigenvalue weighted by molar-refractivity contribution is -0.197. The predicted octanol–water partition coefficient (Wildman–Crippen LogP) is 2.27. The van der Waals surface area contributed by atoms with Gasteiger partial charge in [0, 0.05) is 20.5 Å². The molecule has 0 aliphatic carbocycles. The quantitative estimate of drug-likeness (QED) is 0.791. The lowest BCUT2D eigenvalue weighted by Gasteiger charge is -2.36. The molecule has 0 saturated carbocycles. The van der Waals surface area contributed by atoms with Crippen LogP contribution < -0.4 is 4.74 Å². The fourth-order valence-corrected chi connectivity index (χ4v) is 2.05. The Labute approximate surface area is 118 Å². The normalized spacial score (nSPS) is 25.7. The third-order valence-corrected chi connectivity index (χ3v) is 2.95. The van der Waals surface area contributed by atoms with Crippen LogP contribution in [0.3, 0.4) is 0 Å². The molecule has 108 valence electrons. The van der Waals surface area contributed by atoms with Crippen molar-refractivity contribution in [2.45, 2.75) is 31.8 Å². The number of para-hydroxylation sites is 1. The third kappa shape index (κ3) is 3.51. The lowest BCUT2D eigenvalue weighted by Crippen LogP contribution is -2.45. The predicted molar refractivity (Wildman–Crippen MR) is 72.1 cm³/mol. The number of carbonyl (C=O) groups excluding carboxylic acids is 1. The molecule has 5 heteroatoms. The van der Waals surface area contributed by atoms with E-state index in [0.29, 0.717) is 17.9 Å². The van der Waals surface area contributed by atoms with E-state index in [9.17, 15) is 4.79 Å². The van der Waals surface area contributed by atoms with E-state index >= 15 is 0 Å². The SMILES string of the molecule is C=C1O[C@H](OC)[C@@H](Oc2ccccc2)C[C@@H]1OC(C)=O. The maximum absolute atomic E-state index is 11.1. The van der Waals surface area contributed by atoms with E-state index in [4.69, 9.17) is 18.9 Å². The van der Waals surface area contributed by atoms with Crippen molar-refractivity contribution in [3.8, 4) is 5.75 Å². The van der Waals surface area contributed by atoms with E-state index in [1.807, 2.05) is 30.3 Å². The molecular formula is C15H18O5. The van der Waals surface area contributed by atoms with E-state index in [2.05, 4.69) is 6.58 Å². The molecule has 5 nitrogen and oxygen atoms in total. The molecule has 0 amide bonds. The van der Waals surface area contributed by atoms with Crippen molar-refractivity contribution < 1.29 is 23.7 Å². The van der Waals surface area contributed by atoms with Crippen molar-refractivity contribution in [3.63, 3.8) is 0 Å². The highest BCUT2D eigenvalue weighted by Gasteiger charge is 2.37. The Balaban J connectivity index is 2.08. The van der Waals surface area contributed by atoms with Gasteiger partial charge in [-0.1, -0.05) is 24.8 Å².